The summed E-state index contributed by atoms with van der Waals surface area (Å²) in [4.78, 5) is 1.49. The van der Waals surface area contributed by atoms with Crippen LogP contribution in [0.3, 0.4) is 0 Å². The van der Waals surface area contributed by atoms with Gasteiger partial charge in [-0.2, -0.15) is 0 Å². The zero-order valence-electron chi connectivity index (χ0n) is 12.6. The largest absolute Gasteiger partial charge is 0.305 e. The van der Waals surface area contributed by atoms with Crippen molar-refractivity contribution in [2.24, 2.45) is 5.41 Å². The molecule has 0 saturated heterocycles. The molecule has 1 N–H and O–H groups in total. The molecule has 1 heterocycles. The number of rotatable bonds is 4. The van der Waals surface area contributed by atoms with Crippen LogP contribution >= 0.6 is 11.3 Å². The van der Waals surface area contributed by atoms with Crippen LogP contribution in [0, 0.1) is 5.41 Å². The van der Waals surface area contributed by atoms with E-state index in [1.54, 1.807) is 0 Å². The summed E-state index contributed by atoms with van der Waals surface area (Å²) in [6, 6.07) is 11.6. The molecule has 20 heavy (non-hydrogen) atoms. The highest BCUT2D eigenvalue weighted by Crippen LogP contribution is 2.45. The molecule has 0 fully saturated rings. The van der Waals surface area contributed by atoms with E-state index in [4.69, 9.17) is 0 Å². The second-order valence-electron chi connectivity index (χ2n) is 6.40. The lowest BCUT2D eigenvalue weighted by molar-refractivity contribution is 0.268. The lowest BCUT2D eigenvalue weighted by atomic mass is 9.85. The van der Waals surface area contributed by atoms with Crippen molar-refractivity contribution in [3.8, 4) is 0 Å². The zero-order chi connectivity index (χ0) is 14.2. The molecule has 3 rings (SSSR count). The second kappa shape index (κ2) is 5.34. The Morgan fingerprint density at radius 3 is 2.85 bits per heavy atom. The summed E-state index contributed by atoms with van der Waals surface area (Å²) in [7, 11) is 0. The van der Waals surface area contributed by atoms with E-state index in [9.17, 15) is 0 Å². The average Bonchev–Trinajstić information content (AvgIpc) is 2.96. The predicted octanol–water partition coefficient (Wildman–Crippen LogP) is 4.72. The third-order valence-corrected chi connectivity index (χ3v) is 5.44. The van der Waals surface area contributed by atoms with Gasteiger partial charge in [-0.05, 0) is 46.4 Å². The molecule has 1 aliphatic rings. The fraction of sp³-hybridized carbons (Fsp3) is 0.444. The first kappa shape index (κ1) is 13.8. The van der Waals surface area contributed by atoms with Gasteiger partial charge in [0.2, 0.25) is 0 Å². The molecular weight excluding hydrogens is 262 g/mol. The third-order valence-electron chi connectivity index (χ3n) is 4.48. The Bertz CT molecular complexity index is 597. The first-order valence-corrected chi connectivity index (χ1v) is 8.36. The van der Waals surface area contributed by atoms with E-state index in [0.29, 0.717) is 11.5 Å². The summed E-state index contributed by atoms with van der Waals surface area (Å²) in [5.41, 5.74) is 4.79. The molecule has 1 unspecified atom stereocenters. The van der Waals surface area contributed by atoms with Crippen molar-refractivity contribution in [3.05, 3.63) is 57.3 Å². The molecular formula is C18H23NS. The van der Waals surface area contributed by atoms with Gasteiger partial charge in [-0.3, -0.25) is 0 Å². The van der Waals surface area contributed by atoms with Crippen LogP contribution in [0.25, 0.3) is 0 Å². The fourth-order valence-electron chi connectivity index (χ4n) is 3.41. The first-order chi connectivity index (χ1) is 9.62. The van der Waals surface area contributed by atoms with Crippen LogP contribution in [-0.2, 0) is 19.4 Å². The molecule has 1 aliphatic carbocycles. The summed E-state index contributed by atoms with van der Waals surface area (Å²) in [6.07, 6.45) is 2.30. The van der Waals surface area contributed by atoms with Gasteiger partial charge in [0.1, 0.15) is 0 Å². The minimum absolute atomic E-state index is 0.299. The van der Waals surface area contributed by atoms with Crippen LogP contribution in [0.5, 0.6) is 0 Å². The van der Waals surface area contributed by atoms with Crippen molar-refractivity contribution >= 4 is 11.3 Å². The maximum Gasteiger partial charge on any atom is 0.0380 e. The monoisotopic (exact) mass is 285 g/mol. The fourth-order valence-corrected chi connectivity index (χ4v) is 4.34. The topological polar surface area (TPSA) is 12.0 Å². The predicted molar refractivity (Wildman–Crippen MR) is 87.2 cm³/mol. The van der Waals surface area contributed by atoms with E-state index in [1.807, 2.05) is 11.3 Å². The van der Waals surface area contributed by atoms with Crippen molar-refractivity contribution in [2.45, 2.75) is 46.2 Å². The van der Waals surface area contributed by atoms with Crippen LogP contribution in [0.4, 0.5) is 0 Å². The van der Waals surface area contributed by atoms with Gasteiger partial charge in [0.25, 0.3) is 0 Å². The molecule has 0 amide bonds. The number of fused-ring (bicyclic) bond motifs is 1. The molecule has 1 aromatic heterocycles. The van der Waals surface area contributed by atoms with Gasteiger partial charge in [-0.1, -0.05) is 45.0 Å². The van der Waals surface area contributed by atoms with Crippen LogP contribution in [-0.4, -0.2) is 0 Å². The zero-order valence-corrected chi connectivity index (χ0v) is 13.4. The Labute approximate surface area is 126 Å². The van der Waals surface area contributed by atoms with Gasteiger partial charge >= 0.3 is 0 Å². The lowest BCUT2D eigenvalue weighted by Gasteiger charge is -2.28. The Balaban J connectivity index is 1.80. The molecule has 0 saturated carbocycles. The highest BCUT2D eigenvalue weighted by atomic mass is 32.1. The quantitative estimate of drug-likeness (QED) is 0.857. The Kier molecular flexibility index (Phi) is 3.70. The smallest absolute Gasteiger partial charge is 0.0380 e. The standard InChI is InChI=1S/C18H23NS/c1-4-13-9-10-20-16(13)12-19-17-15-8-6-5-7-14(15)11-18(17,2)3/h5-10,17,19H,4,11-12H2,1-3H3. The lowest BCUT2D eigenvalue weighted by Crippen LogP contribution is -2.30. The van der Waals surface area contributed by atoms with Crippen molar-refractivity contribution in [2.75, 3.05) is 0 Å². The molecule has 0 aliphatic heterocycles. The Morgan fingerprint density at radius 2 is 2.05 bits per heavy atom. The minimum atomic E-state index is 0.299. The van der Waals surface area contributed by atoms with Gasteiger partial charge in [-0.15, -0.1) is 11.3 Å². The van der Waals surface area contributed by atoms with Crippen LogP contribution < -0.4 is 5.32 Å². The molecule has 1 aromatic carbocycles. The van der Waals surface area contributed by atoms with Gasteiger partial charge in [0.15, 0.2) is 0 Å². The van der Waals surface area contributed by atoms with Crippen LogP contribution in [0.2, 0.25) is 0 Å². The molecule has 0 bridgehead atoms. The molecule has 1 nitrogen and oxygen atoms in total. The average molecular weight is 285 g/mol. The van der Waals surface area contributed by atoms with E-state index >= 15 is 0 Å². The Morgan fingerprint density at radius 1 is 1.25 bits per heavy atom. The van der Waals surface area contributed by atoms with Crippen LogP contribution in [0.15, 0.2) is 35.7 Å². The van der Waals surface area contributed by atoms with E-state index in [-0.39, 0.29) is 0 Å². The van der Waals surface area contributed by atoms with E-state index in [1.165, 1.54) is 28.0 Å². The normalized spacial score (nSPS) is 20.1. The Hall–Kier alpha value is -1.12. The molecule has 106 valence electrons. The highest BCUT2D eigenvalue weighted by Gasteiger charge is 2.38. The maximum atomic E-state index is 3.82. The number of thiophene rings is 1. The SMILES string of the molecule is CCc1ccsc1CNC1c2ccccc2CC1(C)C. The van der Waals surface area contributed by atoms with Crippen molar-refractivity contribution < 1.29 is 0 Å². The van der Waals surface area contributed by atoms with E-state index in [2.05, 4.69) is 61.8 Å². The minimum Gasteiger partial charge on any atom is -0.305 e. The van der Waals surface area contributed by atoms with Gasteiger partial charge < -0.3 is 5.32 Å². The second-order valence-corrected chi connectivity index (χ2v) is 7.40. The van der Waals surface area contributed by atoms with Crippen LogP contribution in [0.1, 0.15) is 48.4 Å². The number of benzene rings is 1. The van der Waals surface area contributed by atoms with Crippen molar-refractivity contribution in [3.63, 3.8) is 0 Å². The van der Waals surface area contributed by atoms with E-state index in [0.717, 1.165) is 13.0 Å². The number of nitrogens with one attached hydrogen (secondary N) is 1. The summed E-state index contributed by atoms with van der Waals surface area (Å²) in [5, 5.41) is 6.03. The number of hydrogen-bond acceptors (Lipinski definition) is 2. The van der Waals surface area contributed by atoms with Gasteiger partial charge in [0, 0.05) is 17.5 Å². The number of aryl methyl sites for hydroxylation is 1. The first-order valence-electron chi connectivity index (χ1n) is 7.48. The summed E-state index contributed by atoms with van der Waals surface area (Å²) in [5.74, 6) is 0. The maximum absolute atomic E-state index is 3.82. The molecule has 0 spiro atoms. The summed E-state index contributed by atoms with van der Waals surface area (Å²) in [6.45, 7) is 7.98. The highest BCUT2D eigenvalue weighted by molar-refractivity contribution is 7.10. The van der Waals surface area contributed by atoms with E-state index < -0.39 is 0 Å². The molecule has 1 atom stereocenters. The molecule has 2 heteroatoms. The molecule has 0 radical (unpaired) electrons. The van der Waals surface area contributed by atoms with Gasteiger partial charge in [-0.25, -0.2) is 0 Å². The third kappa shape index (κ3) is 2.43. The van der Waals surface area contributed by atoms with Crippen molar-refractivity contribution in [1.29, 1.82) is 0 Å². The summed E-state index contributed by atoms with van der Waals surface area (Å²) >= 11 is 1.88. The van der Waals surface area contributed by atoms with Crippen molar-refractivity contribution in [1.82, 2.24) is 5.32 Å². The van der Waals surface area contributed by atoms with Gasteiger partial charge in [0.05, 0.1) is 0 Å². The molecule has 2 aromatic rings. The summed E-state index contributed by atoms with van der Waals surface area (Å²) < 4.78 is 0. The number of hydrogen-bond donors (Lipinski definition) is 1.